The second-order valence-electron chi connectivity index (χ2n) is 4.93. The van der Waals surface area contributed by atoms with Crippen molar-refractivity contribution in [1.82, 2.24) is 0 Å². The van der Waals surface area contributed by atoms with Gasteiger partial charge in [0.05, 0.1) is 0 Å². The van der Waals surface area contributed by atoms with Gasteiger partial charge in [-0.25, -0.2) is 0 Å². The zero-order valence-electron chi connectivity index (χ0n) is 14.1. The summed E-state index contributed by atoms with van der Waals surface area (Å²) in [4.78, 5) is 55.8. The van der Waals surface area contributed by atoms with Gasteiger partial charge in [-0.1, -0.05) is 0 Å². The normalized spacial score (nSPS) is 15.1. The molecule has 11 heteroatoms. The minimum absolute atomic E-state index is 0.613. The monoisotopic (exact) mass is 365 g/mol. The van der Waals surface area contributed by atoms with Gasteiger partial charge < -0.3 is 24.7 Å². The van der Waals surface area contributed by atoms with E-state index in [0.29, 0.717) is 0 Å². The summed E-state index contributed by atoms with van der Waals surface area (Å²) in [5, 5.41) is 0. The lowest BCUT2D eigenvalue weighted by Crippen LogP contribution is -2.56. The Morgan fingerprint density at radius 2 is 1.24 bits per heavy atom. The van der Waals surface area contributed by atoms with E-state index in [1.165, 1.54) is 0 Å². The van der Waals surface area contributed by atoms with Gasteiger partial charge in [0.2, 0.25) is 0 Å². The predicted molar refractivity (Wildman–Crippen MR) is 77.4 cm³/mol. The number of carbonyl (C=O) groups is 5. The molecule has 2 N–H and O–H groups in total. The van der Waals surface area contributed by atoms with Crippen molar-refractivity contribution in [3.8, 4) is 0 Å². The third-order valence-electron chi connectivity index (χ3n) is 2.68. The summed E-state index contributed by atoms with van der Waals surface area (Å²) in [6.07, 6.45) is -5.02. The molecule has 0 aliphatic rings. The Morgan fingerprint density at radius 1 is 0.800 bits per heavy atom. The highest BCUT2D eigenvalue weighted by molar-refractivity contribution is 5.76. The summed E-state index contributed by atoms with van der Waals surface area (Å²) in [6, 6.07) is -4.08. The Morgan fingerprint density at radius 3 is 1.60 bits per heavy atom. The smallest absolute Gasteiger partial charge is 0.322 e. The van der Waals surface area contributed by atoms with Crippen LogP contribution < -0.4 is 5.73 Å². The van der Waals surface area contributed by atoms with E-state index in [1.807, 2.05) is 0 Å². The minimum Gasteiger partial charge on any atom is -0.462 e. The number of esters is 4. The van der Waals surface area contributed by atoms with Crippen molar-refractivity contribution >= 4 is 29.9 Å². The van der Waals surface area contributed by atoms with E-state index in [2.05, 4.69) is 0 Å². The van der Waals surface area contributed by atoms with Crippen molar-refractivity contribution in [2.24, 2.45) is 5.73 Å². The van der Waals surface area contributed by atoms with Crippen LogP contribution in [0.5, 0.6) is 0 Å². The van der Waals surface area contributed by atoms with Gasteiger partial charge in [-0.05, 0) is 0 Å². The molecule has 0 saturated carbocycles. The number of carbonyl (C=O) groups excluding carboxylic acids is 5. The molecule has 4 atom stereocenters. The first-order valence-corrected chi connectivity index (χ1v) is 7.05. The first-order valence-electron chi connectivity index (χ1n) is 7.05. The number of rotatable bonds is 9. The van der Waals surface area contributed by atoms with Crippen LogP contribution >= 0.6 is 0 Å². The van der Waals surface area contributed by atoms with Gasteiger partial charge in [0, 0.05) is 27.7 Å². The molecule has 25 heavy (non-hydrogen) atoms. The van der Waals surface area contributed by atoms with Gasteiger partial charge in [0.1, 0.15) is 12.6 Å². The highest BCUT2D eigenvalue weighted by Crippen LogP contribution is 2.18. The second kappa shape index (κ2) is 10.3. The van der Waals surface area contributed by atoms with E-state index < -0.39 is 60.9 Å². The number of nitrogens with two attached hydrogens (primary N) is 1. The van der Waals surface area contributed by atoms with Gasteiger partial charge in [0.15, 0.2) is 18.3 Å². The lowest BCUT2D eigenvalue weighted by molar-refractivity contribution is -0.191. The maximum absolute atomic E-state index is 13.0. The molecule has 0 radical (unpaired) electrons. The third-order valence-corrected chi connectivity index (χ3v) is 2.68. The van der Waals surface area contributed by atoms with Crippen LogP contribution in [0, 0.1) is 0 Å². The zero-order valence-corrected chi connectivity index (χ0v) is 14.1. The molecular weight excluding hydrogens is 345 g/mol. The standard InChI is InChI=1S/C14H20FNO9/c1-6(17)22-5-10(23-7(2)18)12(24-8(3)19)13(25-9(4)20)11(16)14(15)21/h10-13H,5,16H2,1-4H3/t10-,11-,12-,13-/m1/s1. The molecule has 0 aromatic rings. The fourth-order valence-electron chi connectivity index (χ4n) is 1.82. The molecule has 0 aliphatic carbocycles. The summed E-state index contributed by atoms with van der Waals surface area (Å²) < 4.78 is 32.3. The van der Waals surface area contributed by atoms with Crippen molar-refractivity contribution in [3.63, 3.8) is 0 Å². The maximum Gasteiger partial charge on any atom is 0.322 e. The van der Waals surface area contributed by atoms with Crippen LogP contribution in [0.3, 0.4) is 0 Å². The molecule has 0 bridgehead atoms. The largest absolute Gasteiger partial charge is 0.462 e. The van der Waals surface area contributed by atoms with Gasteiger partial charge >= 0.3 is 29.9 Å². The number of ether oxygens (including phenoxy) is 4. The van der Waals surface area contributed by atoms with Crippen LogP contribution in [0.15, 0.2) is 0 Å². The SMILES string of the molecule is CC(=O)OC[C@@H](OC(C)=O)[C@@H](OC(C)=O)[C@H](OC(C)=O)[C@@H](N)C(=O)F. The lowest BCUT2D eigenvalue weighted by atomic mass is 10.0. The highest BCUT2D eigenvalue weighted by atomic mass is 19.1. The molecular formula is C14H20FNO9. The van der Waals surface area contributed by atoms with Gasteiger partial charge in [-0.15, -0.1) is 0 Å². The molecule has 0 unspecified atom stereocenters. The molecule has 0 aliphatic heterocycles. The minimum atomic E-state index is -2.06. The molecule has 0 aromatic heterocycles. The van der Waals surface area contributed by atoms with Crippen LogP contribution in [-0.4, -0.2) is 60.9 Å². The van der Waals surface area contributed by atoms with E-state index in [1.54, 1.807) is 0 Å². The first-order chi connectivity index (χ1) is 11.5. The zero-order chi connectivity index (χ0) is 19.7. The maximum atomic E-state index is 13.0. The molecule has 10 nitrogen and oxygen atoms in total. The van der Waals surface area contributed by atoms with E-state index >= 15 is 0 Å². The summed E-state index contributed by atoms with van der Waals surface area (Å²) >= 11 is 0. The number of hydrogen-bond donors (Lipinski definition) is 1. The van der Waals surface area contributed by atoms with Gasteiger partial charge in [0.25, 0.3) is 0 Å². The van der Waals surface area contributed by atoms with Crippen LogP contribution in [0.1, 0.15) is 27.7 Å². The van der Waals surface area contributed by atoms with Crippen LogP contribution in [0.25, 0.3) is 0 Å². The number of halogens is 1. The fourth-order valence-corrected chi connectivity index (χ4v) is 1.82. The van der Waals surface area contributed by atoms with Crippen LogP contribution in [0.4, 0.5) is 4.39 Å². The summed E-state index contributed by atoms with van der Waals surface area (Å²) in [5.74, 6) is -3.52. The first kappa shape index (κ1) is 22.4. The molecule has 0 rings (SSSR count). The molecule has 142 valence electrons. The fraction of sp³-hybridized carbons (Fsp3) is 0.643. The molecule has 0 fully saturated rings. The number of hydrogen-bond acceptors (Lipinski definition) is 10. The summed E-state index contributed by atoms with van der Waals surface area (Å²) in [5.41, 5.74) is 5.37. The molecule has 0 amide bonds. The van der Waals surface area contributed by atoms with Gasteiger partial charge in [-0.2, -0.15) is 4.39 Å². The second-order valence-corrected chi connectivity index (χ2v) is 4.93. The van der Waals surface area contributed by atoms with Crippen molar-refractivity contribution < 1.29 is 47.3 Å². The summed E-state index contributed by atoms with van der Waals surface area (Å²) in [6.45, 7) is 3.37. The Kier molecular flexibility index (Phi) is 9.28. The quantitative estimate of drug-likeness (QED) is 0.312. The van der Waals surface area contributed by atoms with Crippen molar-refractivity contribution in [2.75, 3.05) is 6.61 Å². The van der Waals surface area contributed by atoms with E-state index in [4.69, 9.17) is 24.7 Å². The van der Waals surface area contributed by atoms with E-state index in [-0.39, 0.29) is 0 Å². The van der Waals surface area contributed by atoms with E-state index in [0.717, 1.165) is 27.7 Å². The molecule has 0 aromatic carbocycles. The lowest BCUT2D eigenvalue weighted by Gasteiger charge is -2.33. The Bertz CT molecular complexity index is 536. The van der Waals surface area contributed by atoms with Crippen LogP contribution in [-0.2, 0) is 42.9 Å². The Balaban J connectivity index is 5.81. The Labute approximate surface area is 142 Å². The predicted octanol–water partition coefficient (Wildman–Crippen LogP) is -0.832. The van der Waals surface area contributed by atoms with Crippen LogP contribution in [0.2, 0.25) is 0 Å². The highest BCUT2D eigenvalue weighted by Gasteiger charge is 2.43. The Hall–Kier alpha value is -2.56. The third kappa shape index (κ3) is 8.74. The average Bonchev–Trinajstić information content (AvgIpc) is 2.45. The van der Waals surface area contributed by atoms with E-state index in [9.17, 15) is 28.4 Å². The van der Waals surface area contributed by atoms with Crippen molar-refractivity contribution in [3.05, 3.63) is 0 Å². The van der Waals surface area contributed by atoms with Gasteiger partial charge in [-0.3, -0.25) is 24.0 Å². The van der Waals surface area contributed by atoms with Crippen molar-refractivity contribution in [1.29, 1.82) is 0 Å². The average molecular weight is 365 g/mol. The topological polar surface area (TPSA) is 148 Å². The van der Waals surface area contributed by atoms with Crippen molar-refractivity contribution in [2.45, 2.75) is 52.0 Å². The molecule has 0 heterocycles. The molecule has 0 saturated heterocycles. The summed E-state index contributed by atoms with van der Waals surface area (Å²) in [7, 11) is 0. The molecule has 0 spiro atoms.